The van der Waals surface area contributed by atoms with Gasteiger partial charge in [-0.15, -0.1) is 0 Å². The summed E-state index contributed by atoms with van der Waals surface area (Å²) in [7, 11) is -3.13. The lowest BCUT2D eigenvalue weighted by atomic mass is 9.89. The van der Waals surface area contributed by atoms with Crippen molar-refractivity contribution in [3.8, 4) is 17.0 Å². The molecule has 0 radical (unpaired) electrons. The molecule has 2 saturated carbocycles. The molecule has 0 spiro atoms. The summed E-state index contributed by atoms with van der Waals surface area (Å²) in [5.41, 5.74) is -2.79. The molecule has 1 aromatic carbocycles. The Morgan fingerprint density at radius 3 is 2.39 bits per heavy atom. The predicted molar refractivity (Wildman–Crippen MR) is 141 cm³/mol. The zero-order valence-electron chi connectivity index (χ0n) is 22.3. The highest BCUT2D eigenvalue weighted by molar-refractivity contribution is 7.91. The van der Waals surface area contributed by atoms with E-state index >= 15 is 0 Å². The molecule has 0 bridgehead atoms. The smallest absolute Gasteiger partial charge is 0.397 e. The van der Waals surface area contributed by atoms with Gasteiger partial charge < -0.3 is 15.2 Å². The summed E-state index contributed by atoms with van der Waals surface area (Å²) < 4.78 is 96.9. The second kappa shape index (κ2) is 11.7. The highest BCUT2D eigenvalue weighted by Gasteiger charge is 2.67. The Balaban J connectivity index is 1.58. The van der Waals surface area contributed by atoms with Gasteiger partial charge in [-0.3, -0.25) is 9.48 Å². The third kappa shape index (κ3) is 6.48. The third-order valence-corrected chi connectivity index (χ3v) is 10.1. The van der Waals surface area contributed by atoms with Gasteiger partial charge >= 0.3 is 12.8 Å². The number of carbonyl (C=O) groups excluding carboxylic acids is 1. The molecule has 1 atom stereocenters. The zero-order valence-corrected chi connectivity index (χ0v) is 23.9. The maximum atomic E-state index is 13.6. The molecule has 4 rings (SSSR count). The number of rotatable bonds is 10. The average Bonchev–Trinajstić information content (AvgIpc) is 3.65. The monoisotopic (exact) mass is 627 g/mol. The van der Waals surface area contributed by atoms with Gasteiger partial charge in [-0.25, -0.2) is 8.42 Å². The lowest BCUT2D eigenvalue weighted by Crippen LogP contribution is -2.34. The summed E-state index contributed by atoms with van der Waals surface area (Å²) in [5.74, 6) is -1.10. The van der Waals surface area contributed by atoms with E-state index < -0.39 is 51.1 Å². The summed E-state index contributed by atoms with van der Waals surface area (Å²) in [4.78, 5) is 13.0. The fourth-order valence-electron chi connectivity index (χ4n) is 5.42. The van der Waals surface area contributed by atoms with Crippen LogP contribution in [0.4, 0.5) is 22.0 Å². The number of aliphatic hydroxyl groups excluding tert-OH is 1. The number of halogens is 6. The molecule has 228 valence electrons. The van der Waals surface area contributed by atoms with Crippen molar-refractivity contribution in [3.05, 3.63) is 34.5 Å². The topological polar surface area (TPSA) is 111 Å². The third-order valence-electron chi connectivity index (χ3n) is 8.03. The van der Waals surface area contributed by atoms with Gasteiger partial charge in [0.1, 0.15) is 15.6 Å². The number of benzene rings is 1. The van der Waals surface area contributed by atoms with Crippen molar-refractivity contribution >= 4 is 27.3 Å². The Labute approximate surface area is 239 Å². The number of hydrogen-bond donors (Lipinski definition) is 2. The summed E-state index contributed by atoms with van der Waals surface area (Å²) in [6.45, 7) is -1.25. The summed E-state index contributed by atoms with van der Waals surface area (Å²) in [6, 6.07) is 3.31. The van der Waals surface area contributed by atoms with E-state index in [-0.39, 0.29) is 59.4 Å². The minimum Gasteiger partial charge on any atom is -0.434 e. The normalized spacial score (nSPS) is 21.5. The molecule has 15 heteroatoms. The number of aliphatic hydroxyl groups is 1. The van der Waals surface area contributed by atoms with E-state index in [1.54, 1.807) is 6.92 Å². The first-order chi connectivity index (χ1) is 19.1. The van der Waals surface area contributed by atoms with E-state index in [0.717, 1.165) is 6.07 Å². The molecule has 1 heterocycles. The maximum absolute atomic E-state index is 13.6. The minimum absolute atomic E-state index is 0.0432. The van der Waals surface area contributed by atoms with Crippen molar-refractivity contribution < 1.29 is 45.0 Å². The van der Waals surface area contributed by atoms with Crippen molar-refractivity contribution in [1.29, 1.82) is 0 Å². The SMILES string of the molecule is CCn1nc(C(=O)NCC2CCC(S(C)(=O)=O)CC2)c(Cl)c1-c1ccc([C@H](O)C2(C(F)(F)F)CC2)cc1OC(F)F. The molecule has 2 aromatic rings. The highest BCUT2D eigenvalue weighted by atomic mass is 35.5. The van der Waals surface area contributed by atoms with E-state index in [0.29, 0.717) is 25.7 Å². The molecular formula is C26H31ClF5N3O5S. The Morgan fingerprint density at radius 1 is 1.24 bits per heavy atom. The van der Waals surface area contributed by atoms with Crippen molar-refractivity contribution in [2.24, 2.45) is 11.3 Å². The van der Waals surface area contributed by atoms with Crippen LogP contribution in [0.25, 0.3) is 11.3 Å². The first-order valence-corrected chi connectivity index (χ1v) is 15.5. The number of aryl methyl sites for hydroxylation is 1. The fourth-order valence-corrected chi connectivity index (χ4v) is 6.87. The number of nitrogens with one attached hydrogen (secondary N) is 1. The molecule has 1 amide bonds. The summed E-state index contributed by atoms with van der Waals surface area (Å²) >= 11 is 6.53. The quantitative estimate of drug-likeness (QED) is 0.335. The van der Waals surface area contributed by atoms with Crippen molar-refractivity contribution in [2.45, 2.75) is 76.1 Å². The van der Waals surface area contributed by atoms with Crippen LogP contribution < -0.4 is 10.1 Å². The first-order valence-electron chi connectivity index (χ1n) is 13.2. The molecule has 2 fully saturated rings. The van der Waals surface area contributed by atoms with E-state index in [4.69, 9.17) is 11.6 Å². The highest BCUT2D eigenvalue weighted by Crippen LogP contribution is 2.64. The zero-order chi connectivity index (χ0) is 30.3. The van der Waals surface area contributed by atoms with Gasteiger partial charge in [0.15, 0.2) is 5.69 Å². The van der Waals surface area contributed by atoms with Crippen LogP contribution in [0.5, 0.6) is 5.75 Å². The van der Waals surface area contributed by atoms with Crippen LogP contribution in [0, 0.1) is 11.3 Å². The number of amides is 1. The molecule has 2 N–H and O–H groups in total. The van der Waals surface area contributed by atoms with Crippen LogP contribution in [-0.4, -0.2) is 60.1 Å². The van der Waals surface area contributed by atoms with E-state index in [1.807, 2.05) is 0 Å². The Kier molecular flexibility index (Phi) is 8.97. The largest absolute Gasteiger partial charge is 0.434 e. The van der Waals surface area contributed by atoms with Gasteiger partial charge in [0.2, 0.25) is 0 Å². The first kappa shape index (κ1) is 31.5. The van der Waals surface area contributed by atoms with Crippen LogP contribution in [0.1, 0.15) is 67.6 Å². The van der Waals surface area contributed by atoms with Crippen LogP contribution >= 0.6 is 11.6 Å². The van der Waals surface area contributed by atoms with Crippen LogP contribution in [-0.2, 0) is 16.4 Å². The number of carbonyl (C=O) groups is 1. The Hall–Kier alpha value is -2.45. The van der Waals surface area contributed by atoms with E-state index in [2.05, 4.69) is 15.2 Å². The number of sulfone groups is 1. The van der Waals surface area contributed by atoms with Gasteiger partial charge in [0.05, 0.1) is 27.5 Å². The molecular weight excluding hydrogens is 597 g/mol. The number of aromatic nitrogens is 2. The van der Waals surface area contributed by atoms with E-state index in [9.17, 15) is 40.3 Å². The second-order valence-corrected chi connectivity index (χ2v) is 13.4. The van der Waals surface area contributed by atoms with Gasteiger partial charge in [-0.05, 0) is 69.1 Å². The molecule has 0 aliphatic heterocycles. The molecule has 1 aromatic heterocycles. The summed E-state index contributed by atoms with van der Waals surface area (Å²) in [6.07, 6.45) is -3.83. The Morgan fingerprint density at radius 2 is 1.88 bits per heavy atom. The number of nitrogens with zero attached hydrogens (tertiary/aromatic N) is 2. The molecule has 2 aliphatic rings. The fraction of sp³-hybridized carbons (Fsp3) is 0.615. The second-order valence-electron chi connectivity index (χ2n) is 10.7. The van der Waals surface area contributed by atoms with Gasteiger partial charge in [-0.2, -0.15) is 27.1 Å². The summed E-state index contributed by atoms with van der Waals surface area (Å²) in [5, 5.41) is 16.9. The molecule has 0 saturated heterocycles. The standard InChI is InChI=1S/C26H31ClF5N3O5S/c1-3-35-21(19(27)20(34-35)23(37)33-13-14-4-7-16(8-5-14)41(2,38)39)17-9-6-15(12-18(17)40-24(28)29)22(36)25(10-11-25)26(30,31)32/h6,9,12,14,16,22,24,36H,3-5,7-8,10-11,13H2,1-2H3,(H,33,37)/t14?,16?,22-/m0/s1. The molecule has 2 aliphatic carbocycles. The van der Waals surface area contributed by atoms with Gasteiger partial charge in [0, 0.05) is 24.9 Å². The van der Waals surface area contributed by atoms with E-state index in [1.165, 1.54) is 23.1 Å². The van der Waals surface area contributed by atoms with Crippen molar-refractivity contribution in [3.63, 3.8) is 0 Å². The number of ether oxygens (including phenoxy) is 1. The van der Waals surface area contributed by atoms with Crippen LogP contribution in [0.2, 0.25) is 5.02 Å². The van der Waals surface area contributed by atoms with Crippen LogP contribution in [0.3, 0.4) is 0 Å². The maximum Gasteiger partial charge on any atom is 0.397 e. The molecule has 41 heavy (non-hydrogen) atoms. The van der Waals surface area contributed by atoms with Gasteiger partial charge in [-0.1, -0.05) is 17.7 Å². The van der Waals surface area contributed by atoms with Crippen LogP contribution in [0.15, 0.2) is 18.2 Å². The number of alkyl halides is 5. The van der Waals surface area contributed by atoms with Crippen molar-refractivity contribution in [2.75, 3.05) is 12.8 Å². The lowest BCUT2D eigenvalue weighted by Gasteiger charge is -2.27. The predicted octanol–water partition coefficient (Wildman–Crippen LogP) is 5.53. The molecule has 0 unspecified atom stereocenters. The van der Waals surface area contributed by atoms with Gasteiger partial charge in [0.25, 0.3) is 5.91 Å². The number of hydrogen-bond acceptors (Lipinski definition) is 6. The van der Waals surface area contributed by atoms with Crippen molar-refractivity contribution in [1.82, 2.24) is 15.1 Å². The lowest BCUT2D eigenvalue weighted by molar-refractivity contribution is -0.215. The minimum atomic E-state index is -4.69. The average molecular weight is 628 g/mol. The Bertz CT molecular complexity index is 1390. The molecule has 8 nitrogen and oxygen atoms in total.